The molecule has 7 heteroatoms. The number of hydrogen-bond donors (Lipinski definition) is 2. The number of rotatable bonds is 6. The Morgan fingerprint density at radius 1 is 1.30 bits per heavy atom. The second-order valence-corrected chi connectivity index (χ2v) is 5.17. The van der Waals surface area contributed by atoms with Crippen LogP contribution in [0.2, 0.25) is 0 Å². The van der Waals surface area contributed by atoms with E-state index in [1.807, 2.05) is 25.4 Å². The van der Waals surface area contributed by atoms with Gasteiger partial charge in [-0.1, -0.05) is 0 Å². The lowest BCUT2D eigenvalue weighted by atomic mass is 10.1. The third kappa shape index (κ3) is 4.57. The van der Waals surface area contributed by atoms with Crippen LogP contribution in [-0.4, -0.2) is 34.8 Å². The number of nitrogens with one attached hydrogen (secondary N) is 2. The summed E-state index contributed by atoms with van der Waals surface area (Å²) in [5.41, 5.74) is 2.44. The van der Waals surface area contributed by atoms with Gasteiger partial charge >= 0.3 is 5.97 Å². The number of nitrogens with zero attached hydrogens (tertiary/aromatic N) is 2. The highest BCUT2D eigenvalue weighted by Gasteiger charge is 2.16. The molecule has 1 aromatic heterocycles. The largest absolute Gasteiger partial charge is 0.467 e. The molecule has 0 aliphatic carbocycles. The predicted molar refractivity (Wildman–Crippen MR) is 85.9 cm³/mol. The lowest BCUT2D eigenvalue weighted by Crippen LogP contribution is -2.39. The number of amides is 1. The molecule has 2 aromatic rings. The molecular formula is C16H20N4O3. The first-order valence-electron chi connectivity index (χ1n) is 7.19. The van der Waals surface area contributed by atoms with E-state index < -0.39 is 12.0 Å². The predicted octanol–water partition coefficient (Wildman–Crippen LogP) is 1.32. The van der Waals surface area contributed by atoms with Gasteiger partial charge in [0.1, 0.15) is 6.04 Å². The van der Waals surface area contributed by atoms with E-state index in [4.69, 9.17) is 0 Å². The molecule has 1 heterocycles. The molecule has 122 valence electrons. The van der Waals surface area contributed by atoms with Crippen molar-refractivity contribution in [2.24, 2.45) is 7.05 Å². The fraction of sp³-hybridized carbons (Fsp3) is 0.312. The maximum atomic E-state index is 12.0. The lowest BCUT2D eigenvalue weighted by molar-refractivity contribution is -0.142. The fourth-order valence-electron chi connectivity index (χ4n) is 2.02. The first-order chi connectivity index (χ1) is 11.0. The average Bonchev–Trinajstić information content (AvgIpc) is 2.98. The van der Waals surface area contributed by atoms with E-state index in [1.165, 1.54) is 7.11 Å². The standard InChI is InChI=1S/C16H20N4O3/c1-11(16(22)23-3)19-15(21)13-4-6-14(7-5-13)17-8-12-9-18-20(2)10-12/h4-7,9-11,17H,8H2,1-3H3,(H,19,21)/t11-/m1/s1. The molecule has 0 unspecified atom stereocenters. The van der Waals surface area contributed by atoms with Crippen molar-refractivity contribution in [3.8, 4) is 0 Å². The first kappa shape index (κ1) is 16.5. The summed E-state index contributed by atoms with van der Waals surface area (Å²) < 4.78 is 6.32. The Morgan fingerprint density at radius 2 is 2.00 bits per heavy atom. The summed E-state index contributed by atoms with van der Waals surface area (Å²) in [7, 11) is 3.15. The van der Waals surface area contributed by atoms with Gasteiger partial charge in [-0.3, -0.25) is 9.48 Å². The van der Waals surface area contributed by atoms with Crippen molar-refractivity contribution in [2.75, 3.05) is 12.4 Å². The second kappa shape index (κ2) is 7.44. The van der Waals surface area contributed by atoms with Gasteiger partial charge in [0.05, 0.1) is 13.3 Å². The minimum absolute atomic E-state index is 0.318. The normalized spacial score (nSPS) is 11.6. The van der Waals surface area contributed by atoms with Crippen LogP contribution >= 0.6 is 0 Å². The number of esters is 1. The van der Waals surface area contributed by atoms with Crippen LogP contribution in [-0.2, 0) is 23.1 Å². The van der Waals surface area contributed by atoms with Crippen LogP contribution in [0, 0.1) is 0 Å². The third-order valence-electron chi connectivity index (χ3n) is 3.30. The molecule has 1 atom stereocenters. The molecule has 0 bridgehead atoms. The van der Waals surface area contributed by atoms with Gasteiger partial charge in [0.2, 0.25) is 0 Å². The molecule has 1 aromatic carbocycles. The van der Waals surface area contributed by atoms with Gasteiger partial charge in [0.15, 0.2) is 0 Å². The summed E-state index contributed by atoms with van der Waals surface area (Å²) in [6.45, 7) is 2.23. The van der Waals surface area contributed by atoms with Crippen LogP contribution in [0.25, 0.3) is 0 Å². The Morgan fingerprint density at radius 3 is 2.57 bits per heavy atom. The Hall–Kier alpha value is -2.83. The summed E-state index contributed by atoms with van der Waals surface area (Å²) >= 11 is 0. The van der Waals surface area contributed by atoms with Gasteiger partial charge in [-0.05, 0) is 31.2 Å². The molecule has 0 saturated carbocycles. The SMILES string of the molecule is COC(=O)[C@@H](C)NC(=O)c1ccc(NCc2cnn(C)c2)cc1. The number of hydrogen-bond acceptors (Lipinski definition) is 5. The zero-order valence-corrected chi connectivity index (χ0v) is 13.4. The number of anilines is 1. The topological polar surface area (TPSA) is 85.2 Å². The zero-order valence-electron chi connectivity index (χ0n) is 13.4. The molecule has 0 fully saturated rings. The second-order valence-electron chi connectivity index (χ2n) is 5.17. The van der Waals surface area contributed by atoms with E-state index in [0.29, 0.717) is 12.1 Å². The fourth-order valence-corrected chi connectivity index (χ4v) is 2.02. The summed E-state index contributed by atoms with van der Waals surface area (Å²) in [5, 5.41) is 9.93. The summed E-state index contributed by atoms with van der Waals surface area (Å²) in [6.07, 6.45) is 3.73. The molecule has 0 spiro atoms. The Kier molecular flexibility index (Phi) is 5.35. The molecule has 2 rings (SSSR count). The number of aromatic nitrogens is 2. The number of methoxy groups -OCH3 is 1. The van der Waals surface area contributed by atoms with Crippen molar-refractivity contribution in [3.05, 3.63) is 47.8 Å². The highest BCUT2D eigenvalue weighted by molar-refractivity contribution is 5.96. The van der Waals surface area contributed by atoms with Crippen LogP contribution in [0.3, 0.4) is 0 Å². The van der Waals surface area contributed by atoms with Gasteiger partial charge < -0.3 is 15.4 Å². The molecule has 2 N–H and O–H groups in total. The maximum Gasteiger partial charge on any atom is 0.328 e. The summed E-state index contributed by atoms with van der Waals surface area (Å²) in [4.78, 5) is 23.3. The Balaban J connectivity index is 1.90. The Bertz CT molecular complexity index is 679. The number of benzene rings is 1. The zero-order chi connectivity index (χ0) is 16.8. The maximum absolute atomic E-state index is 12.0. The van der Waals surface area contributed by atoms with Gasteiger partial charge in [0.25, 0.3) is 5.91 Å². The monoisotopic (exact) mass is 316 g/mol. The van der Waals surface area contributed by atoms with Gasteiger partial charge in [0, 0.05) is 36.6 Å². The minimum atomic E-state index is -0.684. The molecule has 0 saturated heterocycles. The average molecular weight is 316 g/mol. The van der Waals surface area contributed by atoms with E-state index in [2.05, 4.69) is 20.5 Å². The highest BCUT2D eigenvalue weighted by Crippen LogP contribution is 2.11. The smallest absolute Gasteiger partial charge is 0.328 e. The van der Waals surface area contributed by atoms with E-state index in [9.17, 15) is 9.59 Å². The van der Waals surface area contributed by atoms with Crippen molar-refractivity contribution in [1.29, 1.82) is 0 Å². The molecule has 0 aliphatic heterocycles. The van der Waals surface area contributed by atoms with E-state index >= 15 is 0 Å². The Labute approximate surface area is 134 Å². The van der Waals surface area contributed by atoms with Crippen LogP contribution in [0.4, 0.5) is 5.69 Å². The van der Waals surface area contributed by atoms with Gasteiger partial charge in [-0.25, -0.2) is 4.79 Å². The molecule has 0 radical (unpaired) electrons. The van der Waals surface area contributed by atoms with E-state index in [1.54, 1.807) is 29.9 Å². The lowest BCUT2D eigenvalue weighted by Gasteiger charge is -2.12. The van der Waals surface area contributed by atoms with E-state index in [0.717, 1.165) is 11.3 Å². The van der Waals surface area contributed by atoms with Crippen LogP contribution < -0.4 is 10.6 Å². The number of ether oxygens (including phenoxy) is 1. The number of carbonyl (C=O) groups is 2. The summed E-state index contributed by atoms with van der Waals surface area (Å²) in [5.74, 6) is -0.796. The van der Waals surface area contributed by atoms with Crippen LogP contribution in [0.5, 0.6) is 0 Å². The summed E-state index contributed by atoms with van der Waals surface area (Å²) in [6, 6.07) is 6.34. The van der Waals surface area contributed by atoms with Crippen molar-refractivity contribution in [3.63, 3.8) is 0 Å². The molecule has 1 amide bonds. The number of aryl methyl sites for hydroxylation is 1. The van der Waals surface area contributed by atoms with E-state index in [-0.39, 0.29) is 5.91 Å². The van der Waals surface area contributed by atoms with Crippen molar-refractivity contribution < 1.29 is 14.3 Å². The van der Waals surface area contributed by atoms with Crippen molar-refractivity contribution in [1.82, 2.24) is 15.1 Å². The molecule has 23 heavy (non-hydrogen) atoms. The molecule has 0 aliphatic rings. The number of carbonyl (C=O) groups excluding carboxylic acids is 2. The quantitative estimate of drug-likeness (QED) is 0.785. The molecular weight excluding hydrogens is 296 g/mol. The van der Waals surface area contributed by atoms with Gasteiger partial charge in [-0.2, -0.15) is 5.10 Å². The van der Waals surface area contributed by atoms with Crippen LogP contribution in [0.15, 0.2) is 36.7 Å². The van der Waals surface area contributed by atoms with Crippen LogP contribution in [0.1, 0.15) is 22.8 Å². The highest BCUT2D eigenvalue weighted by atomic mass is 16.5. The minimum Gasteiger partial charge on any atom is -0.467 e. The van der Waals surface area contributed by atoms with Crippen molar-refractivity contribution >= 4 is 17.6 Å². The first-order valence-corrected chi connectivity index (χ1v) is 7.19. The third-order valence-corrected chi connectivity index (χ3v) is 3.30. The molecule has 7 nitrogen and oxygen atoms in total. The van der Waals surface area contributed by atoms with Gasteiger partial charge in [-0.15, -0.1) is 0 Å². The van der Waals surface area contributed by atoms with Crippen molar-refractivity contribution in [2.45, 2.75) is 19.5 Å².